The second-order valence-electron chi connectivity index (χ2n) is 10.9. The third-order valence-corrected chi connectivity index (χ3v) is 9.62. The minimum absolute atomic E-state index is 0.925. The zero-order valence-corrected chi connectivity index (χ0v) is 23.5. The smallest absolute Gasteiger partial charge is 0.136 e. The van der Waals surface area contributed by atoms with Crippen molar-refractivity contribution in [2.24, 2.45) is 0 Å². The molecule has 7 aromatic carbocycles. The van der Waals surface area contributed by atoms with E-state index in [0.717, 1.165) is 27.5 Å². The van der Waals surface area contributed by atoms with Crippen LogP contribution in [0, 0.1) is 0 Å². The molecule has 196 valence electrons. The van der Waals surface area contributed by atoms with E-state index in [-0.39, 0.29) is 0 Å². The van der Waals surface area contributed by atoms with Crippen LogP contribution in [0.15, 0.2) is 160 Å². The minimum atomic E-state index is 0.925. The maximum absolute atomic E-state index is 6.13. The number of furan rings is 1. The van der Waals surface area contributed by atoms with Crippen LogP contribution in [0.3, 0.4) is 0 Å². The Balaban J connectivity index is 1.05. The van der Waals surface area contributed by atoms with E-state index in [4.69, 9.17) is 4.42 Å². The summed E-state index contributed by atoms with van der Waals surface area (Å²) < 4.78 is 6.13. The summed E-state index contributed by atoms with van der Waals surface area (Å²) in [5, 5.41) is 4.98. The van der Waals surface area contributed by atoms with E-state index in [9.17, 15) is 0 Å². The van der Waals surface area contributed by atoms with E-state index in [1.54, 1.807) is 0 Å². The van der Waals surface area contributed by atoms with Crippen LogP contribution in [-0.2, 0) is 0 Å². The zero-order chi connectivity index (χ0) is 27.6. The van der Waals surface area contributed by atoms with Gasteiger partial charge in [0, 0.05) is 25.9 Å². The van der Waals surface area contributed by atoms with Crippen molar-refractivity contribution < 1.29 is 4.42 Å². The molecule has 1 aliphatic rings. The molecule has 2 heteroatoms. The van der Waals surface area contributed by atoms with Gasteiger partial charge in [0.25, 0.3) is 0 Å². The Labute approximate surface area is 248 Å². The molecule has 1 aromatic heterocycles. The fourth-order valence-electron chi connectivity index (χ4n) is 6.38. The Hall–Kier alpha value is -5.05. The predicted octanol–water partition coefficient (Wildman–Crippen LogP) is 11.9. The zero-order valence-electron chi connectivity index (χ0n) is 22.7. The molecule has 2 heterocycles. The fraction of sp³-hybridized carbons (Fsp3) is 0. The molecule has 0 amide bonds. The molecule has 0 atom stereocenters. The van der Waals surface area contributed by atoms with Gasteiger partial charge in [0.15, 0.2) is 0 Å². The van der Waals surface area contributed by atoms with Crippen LogP contribution < -0.4 is 0 Å². The fourth-order valence-corrected chi connectivity index (χ4v) is 7.51. The lowest BCUT2D eigenvalue weighted by atomic mass is 9.93. The van der Waals surface area contributed by atoms with Crippen LogP contribution in [0.2, 0.25) is 0 Å². The van der Waals surface area contributed by atoms with Gasteiger partial charge in [0.05, 0.1) is 0 Å². The van der Waals surface area contributed by atoms with Crippen LogP contribution in [0.1, 0.15) is 0 Å². The van der Waals surface area contributed by atoms with E-state index in [2.05, 4.69) is 133 Å². The molecule has 0 aliphatic carbocycles. The number of rotatable bonds is 3. The first-order chi connectivity index (χ1) is 20.8. The van der Waals surface area contributed by atoms with Gasteiger partial charge in [-0.3, -0.25) is 0 Å². The highest BCUT2D eigenvalue weighted by atomic mass is 32.2. The highest BCUT2D eigenvalue weighted by molar-refractivity contribution is 7.99. The molecule has 0 saturated carbocycles. The third-order valence-electron chi connectivity index (χ3n) is 8.48. The second kappa shape index (κ2) is 9.24. The third kappa shape index (κ3) is 3.73. The van der Waals surface area contributed by atoms with Gasteiger partial charge in [-0.15, -0.1) is 0 Å². The summed E-state index contributed by atoms with van der Waals surface area (Å²) in [7, 11) is 0. The largest absolute Gasteiger partial charge is 0.456 e. The highest BCUT2D eigenvalue weighted by Gasteiger charge is 2.19. The first kappa shape index (κ1) is 23.6. The van der Waals surface area contributed by atoms with Gasteiger partial charge in [0.2, 0.25) is 0 Å². The molecule has 9 rings (SSSR count). The lowest BCUT2D eigenvalue weighted by Crippen LogP contribution is -1.93. The summed E-state index contributed by atoms with van der Waals surface area (Å²) >= 11 is 1.87. The maximum atomic E-state index is 6.13. The maximum Gasteiger partial charge on any atom is 0.136 e. The first-order valence-electron chi connectivity index (χ1n) is 14.3. The van der Waals surface area contributed by atoms with Crippen molar-refractivity contribution >= 4 is 44.5 Å². The van der Waals surface area contributed by atoms with Gasteiger partial charge in [-0.25, -0.2) is 0 Å². The van der Waals surface area contributed by atoms with Crippen LogP contribution in [0.25, 0.3) is 77.2 Å². The number of hydrogen-bond donors (Lipinski definition) is 0. The number of benzene rings is 7. The van der Waals surface area contributed by atoms with Crippen molar-refractivity contribution in [3.05, 3.63) is 146 Å². The summed E-state index contributed by atoms with van der Waals surface area (Å²) in [4.78, 5) is 2.66. The molecule has 1 aliphatic heterocycles. The Kier molecular flexibility index (Phi) is 5.20. The molecule has 0 fully saturated rings. The molecule has 8 aromatic rings. The van der Waals surface area contributed by atoms with Crippen LogP contribution >= 0.6 is 11.8 Å². The molecule has 1 nitrogen and oxygen atoms in total. The SMILES string of the molecule is c1cc(-c2ccc(-c3ccc4c(c3)oc3ccccc34)cc2)cc(-c2ccc3c(c2)-c2cccc4cccc(c24)S3)c1. The summed E-state index contributed by atoms with van der Waals surface area (Å²) in [6.07, 6.45) is 0. The second-order valence-corrected chi connectivity index (χ2v) is 12.0. The van der Waals surface area contributed by atoms with Crippen LogP contribution in [-0.4, -0.2) is 0 Å². The number of para-hydroxylation sites is 1. The lowest BCUT2D eigenvalue weighted by molar-refractivity contribution is 0.669. The molecule has 0 unspecified atom stereocenters. The quantitative estimate of drug-likeness (QED) is 0.216. The standard InChI is InChI=1S/C40H24OS/c1-2-12-36-32(10-1)33-20-18-31(24-37(33)41-36)26-16-14-25(15-17-26)28-8-3-9-29(22-28)30-19-21-38-35(23-30)34-11-4-6-27-7-5-13-39(42-38)40(27)34/h1-24H. The van der Waals surface area contributed by atoms with Crippen LogP contribution in [0.5, 0.6) is 0 Å². The van der Waals surface area contributed by atoms with Crippen molar-refractivity contribution in [2.75, 3.05) is 0 Å². The van der Waals surface area contributed by atoms with Gasteiger partial charge in [0.1, 0.15) is 11.2 Å². The molecular formula is C40H24OS. The molecule has 0 bridgehead atoms. The van der Waals surface area contributed by atoms with E-state index in [1.807, 2.05) is 23.9 Å². The average molecular weight is 553 g/mol. The monoisotopic (exact) mass is 552 g/mol. The van der Waals surface area contributed by atoms with Crippen molar-refractivity contribution in [1.29, 1.82) is 0 Å². The van der Waals surface area contributed by atoms with Crippen molar-refractivity contribution in [3.8, 4) is 44.5 Å². The van der Waals surface area contributed by atoms with Crippen molar-refractivity contribution in [3.63, 3.8) is 0 Å². The summed E-state index contributed by atoms with van der Waals surface area (Å²) in [6, 6.07) is 52.6. The van der Waals surface area contributed by atoms with Gasteiger partial charge < -0.3 is 4.42 Å². The molecular weight excluding hydrogens is 529 g/mol. The number of fused-ring (bicyclic) bond motifs is 5. The number of hydrogen-bond acceptors (Lipinski definition) is 2. The van der Waals surface area contributed by atoms with E-state index in [1.165, 1.54) is 59.5 Å². The van der Waals surface area contributed by atoms with Gasteiger partial charge in [-0.1, -0.05) is 115 Å². The van der Waals surface area contributed by atoms with Gasteiger partial charge in [-0.2, -0.15) is 0 Å². The lowest BCUT2D eigenvalue weighted by Gasteiger charge is -2.21. The Morgan fingerprint density at radius 2 is 1.02 bits per heavy atom. The van der Waals surface area contributed by atoms with Gasteiger partial charge >= 0.3 is 0 Å². The van der Waals surface area contributed by atoms with Gasteiger partial charge in [-0.05, 0) is 92.4 Å². The molecule has 0 saturated heterocycles. The normalized spacial score (nSPS) is 12.2. The van der Waals surface area contributed by atoms with E-state index < -0.39 is 0 Å². The Morgan fingerprint density at radius 3 is 1.88 bits per heavy atom. The van der Waals surface area contributed by atoms with Crippen LogP contribution in [0.4, 0.5) is 0 Å². The Bertz CT molecular complexity index is 2320. The average Bonchev–Trinajstić information content (AvgIpc) is 3.43. The molecule has 0 N–H and O–H groups in total. The van der Waals surface area contributed by atoms with Crippen molar-refractivity contribution in [2.45, 2.75) is 9.79 Å². The summed E-state index contributed by atoms with van der Waals surface area (Å²) in [6.45, 7) is 0. The highest BCUT2D eigenvalue weighted by Crippen LogP contribution is 2.48. The summed E-state index contributed by atoms with van der Waals surface area (Å²) in [5.74, 6) is 0. The minimum Gasteiger partial charge on any atom is -0.456 e. The predicted molar refractivity (Wildman–Crippen MR) is 177 cm³/mol. The molecule has 0 spiro atoms. The van der Waals surface area contributed by atoms with E-state index in [0.29, 0.717) is 0 Å². The van der Waals surface area contributed by atoms with E-state index >= 15 is 0 Å². The van der Waals surface area contributed by atoms with Crippen molar-refractivity contribution in [1.82, 2.24) is 0 Å². The Morgan fingerprint density at radius 1 is 0.381 bits per heavy atom. The molecule has 42 heavy (non-hydrogen) atoms. The first-order valence-corrected chi connectivity index (χ1v) is 15.1. The topological polar surface area (TPSA) is 13.1 Å². The summed E-state index contributed by atoms with van der Waals surface area (Å²) in [5.41, 5.74) is 11.7. The molecule has 0 radical (unpaired) electrons.